The summed E-state index contributed by atoms with van der Waals surface area (Å²) in [4.78, 5) is 38.6. The number of ether oxygens (including phenoxy) is 1. The molecule has 5 N–H and O–H groups in total. The van der Waals surface area contributed by atoms with Gasteiger partial charge in [0.2, 0.25) is 0 Å². The number of aliphatic hydroxyl groups is 2. The fourth-order valence-electron chi connectivity index (χ4n) is 4.19. The maximum atomic E-state index is 12.4. The van der Waals surface area contributed by atoms with Gasteiger partial charge in [-0.05, 0) is 51.8 Å². The number of rotatable bonds is 7. The zero-order valence-corrected chi connectivity index (χ0v) is 20.3. The molecule has 12 heteroatoms. The molecule has 2 aliphatic rings. The number of imide groups is 1. The summed E-state index contributed by atoms with van der Waals surface area (Å²) in [6.45, 7) is 4.38. The van der Waals surface area contributed by atoms with E-state index >= 15 is 0 Å². The Kier molecular flexibility index (Phi) is 7.59. The zero-order valence-electron chi connectivity index (χ0n) is 20.3. The van der Waals surface area contributed by atoms with E-state index < -0.39 is 5.79 Å². The van der Waals surface area contributed by atoms with Gasteiger partial charge in [-0.3, -0.25) is 19.1 Å². The van der Waals surface area contributed by atoms with Crippen molar-refractivity contribution < 1.29 is 24.5 Å². The zero-order chi connectivity index (χ0) is 25.9. The highest BCUT2D eigenvalue weighted by atomic mass is 16.5. The van der Waals surface area contributed by atoms with Crippen molar-refractivity contribution in [2.24, 2.45) is 0 Å². The van der Waals surface area contributed by atoms with Crippen LogP contribution in [-0.4, -0.2) is 78.0 Å². The fraction of sp³-hybridized carbons (Fsp3) is 0.458. The highest BCUT2D eigenvalue weighted by molar-refractivity contribution is 6.21. The lowest BCUT2D eigenvalue weighted by Crippen LogP contribution is -2.34. The molecular weight excluding hydrogens is 466 g/mol. The third-order valence-electron chi connectivity index (χ3n) is 5.77. The number of benzene rings is 1. The predicted molar refractivity (Wildman–Crippen MR) is 131 cm³/mol. The molecule has 1 saturated heterocycles. The van der Waals surface area contributed by atoms with E-state index in [2.05, 4.69) is 20.3 Å². The minimum absolute atomic E-state index is 0.0703. The van der Waals surface area contributed by atoms with Crippen molar-refractivity contribution in [3.63, 3.8) is 0 Å². The Morgan fingerprint density at radius 1 is 1.11 bits per heavy atom. The lowest BCUT2D eigenvalue weighted by Gasteiger charge is -2.17. The average Bonchev–Trinajstić information content (AvgIpc) is 3.52. The number of anilines is 1. The van der Waals surface area contributed by atoms with Crippen LogP contribution in [-0.2, 0) is 4.74 Å². The van der Waals surface area contributed by atoms with Crippen molar-refractivity contribution in [2.45, 2.75) is 51.2 Å². The Morgan fingerprint density at radius 2 is 1.78 bits per heavy atom. The summed E-state index contributed by atoms with van der Waals surface area (Å²) in [7, 11) is 0. The van der Waals surface area contributed by atoms with Gasteiger partial charge in [-0.15, -0.1) is 0 Å². The number of amides is 2. The SMILES string of the molecule is CC(C)(O)O.Nc1ncnc2c1ncn2C1CCC(CNCCCN2C(=O)c3ccccc3C2=O)O1. The van der Waals surface area contributed by atoms with Crippen LogP contribution in [0.15, 0.2) is 36.9 Å². The number of nitrogens with one attached hydrogen (secondary N) is 1. The number of carbonyl (C=O) groups excluding carboxylic acids is 2. The third kappa shape index (κ3) is 5.85. The molecule has 0 bridgehead atoms. The Hall–Kier alpha value is -3.45. The molecule has 2 aliphatic heterocycles. The van der Waals surface area contributed by atoms with E-state index in [1.165, 1.54) is 25.1 Å². The number of hydrogen-bond acceptors (Lipinski definition) is 10. The van der Waals surface area contributed by atoms with Crippen LogP contribution in [0.25, 0.3) is 11.2 Å². The first-order valence-electron chi connectivity index (χ1n) is 11.8. The molecule has 1 fully saturated rings. The summed E-state index contributed by atoms with van der Waals surface area (Å²) < 4.78 is 8.05. The normalized spacial score (nSPS) is 19.5. The molecule has 3 aromatic rings. The highest BCUT2D eigenvalue weighted by Crippen LogP contribution is 2.30. The van der Waals surface area contributed by atoms with E-state index in [-0.39, 0.29) is 24.1 Å². The molecule has 4 heterocycles. The van der Waals surface area contributed by atoms with E-state index in [0.29, 0.717) is 54.2 Å². The minimum atomic E-state index is -1.50. The maximum absolute atomic E-state index is 12.4. The third-order valence-corrected chi connectivity index (χ3v) is 5.77. The molecule has 1 aromatic carbocycles. The molecular formula is C24H31N7O5. The number of carbonyl (C=O) groups is 2. The van der Waals surface area contributed by atoms with E-state index in [4.69, 9.17) is 20.7 Å². The van der Waals surface area contributed by atoms with Gasteiger partial charge in [0, 0.05) is 13.1 Å². The van der Waals surface area contributed by atoms with Gasteiger partial charge in [0.25, 0.3) is 11.8 Å². The van der Waals surface area contributed by atoms with Crippen LogP contribution in [0.3, 0.4) is 0 Å². The van der Waals surface area contributed by atoms with Gasteiger partial charge in [0.05, 0.1) is 23.6 Å². The van der Waals surface area contributed by atoms with Crippen LogP contribution in [0.4, 0.5) is 5.82 Å². The number of imidazole rings is 1. The Balaban J connectivity index is 0.000000556. The molecule has 2 unspecified atom stereocenters. The summed E-state index contributed by atoms with van der Waals surface area (Å²) in [5.74, 6) is -1.56. The lowest BCUT2D eigenvalue weighted by molar-refractivity contribution is -0.127. The Labute approximate surface area is 208 Å². The lowest BCUT2D eigenvalue weighted by atomic mass is 10.1. The van der Waals surface area contributed by atoms with Gasteiger partial charge < -0.3 is 26.0 Å². The summed E-state index contributed by atoms with van der Waals surface area (Å²) >= 11 is 0. The molecule has 2 amide bonds. The second-order valence-corrected chi connectivity index (χ2v) is 9.23. The summed E-state index contributed by atoms with van der Waals surface area (Å²) in [5.41, 5.74) is 8.09. The maximum Gasteiger partial charge on any atom is 0.261 e. The van der Waals surface area contributed by atoms with Crippen molar-refractivity contribution in [1.82, 2.24) is 29.7 Å². The van der Waals surface area contributed by atoms with E-state index in [0.717, 1.165) is 12.8 Å². The van der Waals surface area contributed by atoms with Crippen molar-refractivity contribution in [3.05, 3.63) is 48.0 Å². The molecule has 0 radical (unpaired) electrons. The molecule has 0 saturated carbocycles. The van der Waals surface area contributed by atoms with Gasteiger partial charge >= 0.3 is 0 Å². The second kappa shape index (κ2) is 10.7. The monoisotopic (exact) mass is 497 g/mol. The number of aromatic nitrogens is 4. The van der Waals surface area contributed by atoms with Gasteiger partial charge in [-0.2, -0.15) is 0 Å². The van der Waals surface area contributed by atoms with Crippen LogP contribution in [0, 0.1) is 0 Å². The van der Waals surface area contributed by atoms with Gasteiger partial charge in [0.15, 0.2) is 17.3 Å². The first kappa shape index (κ1) is 25.6. The molecule has 36 heavy (non-hydrogen) atoms. The average molecular weight is 498 g/mol. The largest absolute Gasteiger partial charge is 0.382 e. The van der Waals surface area contributed by atoms with Gasteiger partial charge in [-0.1, -0.05) is 12.1 Å². The summed E-state index contributed by atoms with van der Waals surface area (Å²) in [6, 6.07) is 6.95. The number of hydrogen-bond donors (Lipinski definition) is 4. The van der Waals surface area contributed by atoms with Crippen molar-refractivity contribution in [2.75, 3.05) is 25.4 Å². The molecule has 2 atom stereocenters. The highest BCUT2D eigenvalue weighted by Gasteiger charge is 2.34. The number of nitrogens with two attached hydrogens (primary N) is 1. The topological polar surface area (TPSA) is 169 Å². The van der Waals surface area contributed by atoms with E-state index in [1.54, 1.807) is 30.6 Å². The van der Waals surface area contributed by atoms with Gasteiger partial charge in [-0.25, -0.2) is 15.0 Å². The quantitative estimate of drug-likeness (QED) is 0.210. The predicted octanol–water partition coefficient (Wildman–Crippen LogP) is 1.07. The standard InChI is InChI=1S/C21H23N7O3.C3H8O2/c22-18-17-19(25-11-24-18)28(12-26-17)16-7-6-13(31-16)10-23-8-3-9-27-20(29)14-4-1-2-5-15(14)21(27)30;1-3(2,4)5/h1-2,4-5,11-13,16,23H,3,6-10H2,(H2,22,24,25);4-5H,1-2H3. The summed E-state index contributed by atoms with van der Waals surface area (Å²) in [6.07, 6.45) is 5.51. The molecule has 192 valence electrons. The van der Waals surface area contributed by atoms with Gasteiger partial charge in [0.1, 0.15) is 18.1 Å². The van der Waals surface area contributed by atoms with Crippen molar-refractivity contribution >= 4 is 28.8 Å². The fourth-order valence-corrected chi connectivity index (χ4v) is 4.19. The Morgan fingerprint density at radius 3 is 2.44 bits per heavy atom. The van der Waals surface area contributed by atoms with Crippen LogP contribution >= 0.6 is 0 Å². The van der Waals surface area contributed by atoms with Crippen LogP contribution in [0.2, 0.25) is 0 Å². The smallest absolute Gasteiger partial charge is 0.261 e. The molecule has 5 rings (SSSR count). The molecule has 2 aromatic heterocycles. The first-order valence-corrected chi connectivity index (χ1v) is 11.8. The number of fused-ring (bicyclic) bond motifs is 2. The minimum Gasteiger partial charge on any atom is -0.382 e. The second-order valence-electron chi connectivity index (χ2n) is 9.23. The van der Waals surface area contributed by atoms with Crippen molar-refractivity contribution in [3.8, 4) is 0 Å². The molecule has 12 nitrogen and oxygen atoms in total. The number of nitrogens with zero attached hydrogens (tertiary/aromatic N) is 5. The van der Waals surface area contributed by atoms with E-state index in [9.17, 15) is 9.59 Å². The molecule has 0 aliphatic carbocycles. The Bertz CT molecular complexity index is 1200. The van der Waals surface area contributed by atoms with Crippen LogP contribution in [0.1, 0.15) is 60.1 Å². The van der Waals surface area contributed by atoms with Crippen LogP contribution < -0.4 is 11.1 Å². The van der Waals surface area contributed by atoms with Crippen LogP contribution in [0.5, 0.6) is 0 Å². The number of nitrogen functional groups attached to an aromatic ring is 1. The van der Waals surface area contributed by atoms with Crippen molar-refractivity contribution in [1.29, 1.82) is 0 Å². The first-order chi connectivity index (χ1) is 17.1. The summed E-state index contributed by atoms with van der Waals surface area (Å²) in [5, 5.41) is 19.5. The van der Waals surface area contributed by atoms with E-state index in [1.807, 2.05) is 4.57 Å². The molecule has 0 spiro atoms.